The van der Waals surface area contributed by atoms with Gasteiger partial charge in [-0.15, -0.1) is 11.3 Å². The molecule has 0 saturated carbocycles. The topological polar surface area (TPSA) is 41.1 Å². The van der Waals surface area contributed by atoms with Crippen LogP contribution in [0.4, 0.5) is 0 Å². The molecule has 4 heteroatoms. The highest BCUT2D eigenvalue weighted by atomic mass is 32.1. The lowest BCUT2D eigenvalue weighted by molar-refractivity contribution is -0.124. The van der Waals surface area contributed by atoms with Crippen molar-refractivity contribution < 1.29 is 4.79 Å². The zero-order valence-corrected chi connectivity index (χ0v) is 12.6. The fourth-order valence-electron chi connectivity index (χ4n) is 1.79. The van der Waals surface area contributed by atoms with Crippen LogP contribution in [0.5, 0.6) is 0 Å². The van der Waals surface area contributed by atoms with Gasteiger partial charge < -0.3 is 10.6 Å². The van der Waals surface area contributed by atoms with E-state index in [1.54, 1.807) is 11.3 Å². The summed E-state index contributed by atoms with van der Waals surface area (Å²) >= 11 is 1.80. The average molecular weight is 268 g/mol. The maximum Gasteiger partial charge on any atom is 0.224 e. The van der Waals surface area contributed by atoms with Crippen LogP contribution in [0, 0.1) is 12.8 Å². The van der Waals surface area contributed by atoms with Gasteiger partial charge in [0.1, 0.15) is 0 Å². The van der Waals surface area contributed by atoms with Crippen LogP contribution in [0.2, 0.25) is 0 Å². The normalized spacial score (nSPS) is 14.2. The van der Waals surface area contributed by atoms with E-state index in [1.807, 2.05) is 13.8 Å². The van der Waals surface area contributed by atoms with Gasteiger partial charge in [-0.1, -0.05) is 13.8 Å². The van der Waals surface area contributed by atoms with Crippen LogP contribution in [0.1, 0.15) is 30.5 Å². The van der Waals surface area contributed by atoms with Gasteiger partial charge in [0.05, 0.1) is 0 Å². The number of amides is 1. The Hall–Kier alpha value is -0.870. The first-order valence-electron chi connectivity index (χ1n) is 6.59. The Labute approximate surface area is 114 Å². The predicted molar refractivity (Wildman–Crippen MR) is 78.1 cm³/mol. The van der Waals surface area contributed by atoms with Crippen molar-refractivity contribution in [3.63, 3.8) is 0 Å². The van der Waals surface area contributed by atoms with Crippen molar-refractivity contribution in [3.05, 3.63) is 21.9 Å². The van der Waals surface area contributed by atoms with Crippen molar-refractivity contribution in [2.75, 3.05) is 13.1 Å². The lowest BCUT2D eigenvalue weighted by Crippen LogP contribution is -2.40. The van der Waals surface area contributed by atoms with E-state index in [4.69, 9.17) is 0 Å². The first-order chi connectivity index (χ1) is 8.52. The Morgan fingerprint density at radius 2 is 2.11 bits per heavy atom. The number of thiophene rings is 1. The molecule has 0 fully saturated rings. The Kier molecular flexibility index (Phi) is 6.36. The van der Waals surface area contributed by atoms with Crippen molar-refractivity contribution in [1.82, 2.24) is 10.6 Å². The number of carbonyl (C=O) groups is 1. The molecule has 2 atom stereocenters. The molecule has 0 aromatic carbocycles. The largest absolute Gasteiger partial charge is 0.353 e. The SMILES string of the molecule is CCNCC(C)C(=O)NC(C)Cc1ccc(C)s1. The minimum absolute atomic E-state index is 0.0254. The van der Waals surface area contributed by atoms with Crippen molar-refractivity contribution in [3.8, 4) is 0 Å². The smallest absolute Gasteiger partial charge is 0.224 e. The van der Waals surface area contributed by atoms with E-state index in [-0.39, 0.29) is 17.9 Å². The summed E-state index contributed by atoms with van der Waals surface area (Å²) in [5, 5.41) is 6.27. The van der Waals surface area contributed by atoms with Gasteiger partial charge in [0.2, 0.25) is 5.91 Å². The minimum atomic E-state index is 0.0254. The predicted octanol–water partition coefficient (Wildman–Crippen LogP) is 2.35. The highest BCUT2D eigenvalue weighted by Crippen LogP contribution is 2.16. The Morgan fingerprint density at radius 3 is 2.67 bits per heavy atom. The second-order valence-electron chi connectivity index (χ2n) is 4.83. The zero-order chi connectivity index (χ0) is 13.5. The highest BCUT2D eigenvalue weighted by molar-refractivity contribution is 7.11. The molecule has 0 spiro atoms. The number of rotatable bonds is 7. The first kappa shape index (κ1) is 15.2. The third-order valence-electron chi connectivity index (χ3n) is 2.84. The molecule has 18 heavy (non-hydrogen) atoms. The van der Waals surface area contributed by atoms with E-state index in [1.165, 1.54) is 9.75 Å². The number of carbonyl (C=O) groups excluding carboxylic acids is 1. The Morgan fingerprint density at radius 1 is 1.39 bits per heavy atom. The quantitative estimate of drug-likeness (QED) is 0.797. The number of hydrogen-bond acceptors (Lipinski definition) is 3. The molecule has 2 unspecified atom stereocenters. The maximum atomic E-state index is 11.9. The van der Waals surface area contributed by atoms with E-state index in [2.05, 4.69) is 36.6 Å². The molecule has 0 aliphatic heterocycles. The van der Waals surface area contributed by atoms with Crippen LogP contribution in [0.25, 0.3) is 0 Å². The number of aryl methyl sites for hydroxylation is 1. The Balaban J connectivity index is 2.35. The first-order valence-corrected chi connectivity index (χ1v) is 7.41. The molecule has 3 nitrogen and oxygen atoms in total. The summed E-state index contributed by atoms with van der Waals surface area (Å²) in [6.45, 7) is 9.82. The third-order valence-corrected chi connectivity index (χ3v) is 3.86. The van der Waals surface area contributed by atoms with Gasteiger partial charge in [-0.25, -0.2) is 0 Å². The molecule has 102 valence electrons. The van der Waals surface area contributed by atoms with E-state index in [0.717, 1.165) is 19.5 Å². The molecule has 0 bridgehead atoms. The summed E-state index contributed by atoms with van der Waals surface area (Å²) in [7, 11) is 0. The lowest BCUT2D eigenvalue weighted by atomic mass is 10.1. The molecule has 1 aromatic rings. The average Bonchev–Trinajstić information content (AvgIpc) is 2.71. The van der Waals surface area contributed by atoms with E-state index < -0.39 is 0 Å². The van der Waals surface area contributed by atoms with Crippen molar-refractivity contribution in [2.45, 2.75) is 40.2 Å². The summed E-state index contributed by atoms with van der Waals surface area (Å²) in [6, 6.07) is 4.46. The summed E-state index contributed by atoms with van der Waals surface area (Å²) < 4.78 is 0. The molecule has 1 rings (SSSR count). The van der Waals surface area contributed by atoms with Gasteiger partial charge in [-0.05, 0) is 32.5 Å². The lowest BCUT2D eigenvalue weighted by Gasteiger charge is -2.17. The minimum Gasteiger partial charge on any atom is -0.353 e. The molecule has 1 aromatic heterocycles. The Bertz CT molecular complexity index is 376. The van der Waals surface area contributed by atoms with Gasteiger partial charge >= 0.3 is 0 Å². The fourth-order valence-corrected chi connectivity index (χ4v) is 2.81. The van der Waals surface area contributed by atoms with Gasteiger partial charge in [-0.2, -0.15) is 0 Å². The van der Waals surface area contributed by atoms with Gasteiger partial charge in [-0.3, -0.25) is 4.79 Å². The molecule has 1 amide bonds. The monoisotopic (exact) mass is 268 g/mol. The standard InChI is InChI=1S/C14H24N2OS/c1-5-15-9-10(2)14(17)16-11(3)8-13-7-6-12(4)18-13/h6-7,10-11,15H,5,8-9H2,1-4H3,(H,16,17). The van der Waals surface area contributed by atoms with E-state index >= 15 is 0 Å². The third kappa shape index (κ3) is 5.19. The molecule has 2 N–H and O–H groups in total. The highest BCUT2D eigenvalue weighted by Gasteiger charge is 2.15. The number of nitrogens with one attached hydrogen (secondary N) is 2. The molecule has 0 aliphatic rings. The van der Waals surface area contributed by atoms with E-state index in [9.17, 15) is 4.79 Å². The molecular weight excluding hydrogens is 244 g/mol. The molecular formula is C14H24N2OS. The summed E-state index contributed by atoms with van der Waals surface area (Å²) in [5.41, 5.74) is 0. The van der Waals surface area contributed by atoms with Crippen LogP contribution in [0.3, 0.4) is 0 Å². The van der Waals surface area contributed by atoms with Gasteiger partial charge in [0.15, 0.2) is 0 Å². The zero-order valence-electron chi connectivity index (χ0n) is 11.7. The second kappa shape index (κ2) is 7.54. The summed E-state index contributed by atoms with van der Waals surface area (Å²) in [6.07, 6.45) is 0.915. The van der Waals surface area contributed by atoms with Gasteiger partial charge in [0, 0.05) is 34.7 Å². The summed E-state index contributed by atoms with van der Waals surface area (Å²) in [4.78, 5) is 14.6. The molecule has 0 saturated heterocycles. The maximum absolute atomic E-state index is 11.9. The number of hydrogen-bond donors (Lipinski definition) is 2. The fraction of sp³-hybridized carbons (Fsp3) is 0.643. The van der Waals surface area contributed by atoms with Gasteiger partial charge in [0.25, 0.3) is 0 Å². The molecule has 1 heterocycles. The molecule has 0 aliphatic carbocycles. The van der Waals surface area contributed by atoms with Crippen LogP contribution in [-0.2, 0) is 11.2 Å². The van der Waals surface area contributed by atoms with Crippen molar-refractivity contribution in [1.29, 1.82) is 0 Å². The summed E-state index contributed by atoms with van der Waals surface area (Å²) in [5.74, 6) is 0.161. The van der Waals surface area contributed by atoms with Crippen LogP contribution < -0.4 is 10.6 Å². The van der Waals surface area contributed by atoms with Crippen LogP contribution in [0.15, 0.2) is 12.1 Å². The van der Waals surface area contributed by atoms with Crippen molar-refractivity contribution in [2.24, 2.45) is 5.92 Å². The second-order valence-corrected chi connectivity index (χ2v) is 6.21. The molecule has 0 radical (unpaired) electrons. The van der Waals surface area contributed by atoms with Crippen molar-refractivity contribution >= 4 is 17.2 Å². The van der Waals surface area contributed by atoms with Crippen LogP contribution in [-0.4, -0.2) is 25.0 Å². The van der Waals surface area contributed by atoms with E-state index in [0.29, 0.717) is 0 Å². The van der Waals surface area contributed by atoms with Crippen LogP contribution >= 0.6 is 11.3 Å².